The molecule has 0 radical (unpaired) electrons. The largest absolute Gasteiger partial charge is 0.493 e. The highest BCUT2D eigenvalue weighted by atomic mass is 35.5. The summed E-state index contributed by atoms with van der Waals surface area (Å²) in [4.78, 5) is 0. The average Bonchev–Trinajstić information content (AvgIpc) is 2.80. The summed E-state index contributed by atoms with van der Waals surface area (Å²) in [6.45, 7) is 9.63. The molecule has 1 atom stereocenters. The van der Waals surface area contributed by atoms with Gasteiger partial charge in [-0.15, -0.1) is 12.4 Å². The van der Waals surface area contributed by atoms with Gasteiger partial charge < -0.3 is 10.1 Å². The van der Waals surface area contributed by atoms with Gasteiger partial charge in [0.2, 0.25) is 0 Å². The van der Waals surface area contributed by atoms with Crippen LogP contribution >= 0.6 is 12.4 Å². The molecule has 0 aromatic heterocycles. The van der Waals surface area contributed by atoms with E-state index in [1.54, 1.807) is 0 Å². The van der Waals surface area contributed by atoms with Crippen LogP contribution in [-0.2, 0) is 0 Å². The van der Waals surface area contributed by atoms with Crippen molar-refractivity contribution in [2.45, 2.75) is 33.1 Å². The Balaban J connectivity index is 0.00000162. The number of aryl methyl sites for hydroxylation is 1. The van der Waals surface area contributed by atoms with Crippen molar-refractivity contribution in [3.05, 3.63) is 29.3 Å². The first-order valence-electron chi connectivity index (χ1n) is 6.61. The van der Waals surface area contributed by atoms with Crippen molar-refractivity contribution in [2.75, 3.05) is 19.7 Å². The molecule has 1 unspecified atom stereocenters. The van der Waals surface area contributed by atoms with Gasteiger partial charge in [-0.1, -0.05) is 26.0 Å². The number of hydrogen-bond donors (Lipinski definition) is 1. The molecule has 3 heteroatoms. The van der Waals surface area contributed by atoms with E-state index in [0.29, 0.717) is 11.8 Å². The van der Waals surface area contributed by atoms with E-state index >= 15 is 0 Å². The number of benzene rings is 1. The minimum atomic E-state index is 0. The molecule has 1 N–H and O–H groups in total. The molecule has 1 fully saturated rings. The lowest BCUT2D eigenvalue weighted by Gasteiger charge is -2.15. The lowest BCUT2D eigenvalue weighted by atomic mass is 10.0. The van der Waals surface area contributed by atoms with Crippen LogP contribution in [0.1, 0.15) is 37.3 Å². The smallest absolute Gasteiger partial charge is 0.122 e. The first-order valence-corrected chi connectivity index (χ1v) is 6.61. The Morgan fingerprint density at radius 1 is 1.39 bits per heavy atom. The number of nitrogens with one attached hydrogen (secondary N) is 1. The number of ether oxygens (including phenoxy) is 1. The van der Waals surface area contributed by atoms with Gasteiger partial charge >= 0.3 is 0 Å². The summed E-state index contributed by atoms with van der Waals surface area (Å²) in [5.74, 6) is 2.30. The highest BCUT2D eigenvalue weighted by Gasteiger charge is 2.15. The predicted molar refractivity (Wildman–Crippen MR) is 79.0 cm³/mol. The Hall–Kier alpha value is -0.730. The first kappa shape index (κ1) is 15.3. The Kier molecular flexibility index (Phi) is 5.97. The molecule has 102 valence electrons. The van der Waals surface area contributed by atoms with Gasteiger partial charge in [0.15, 0.2) is 0 Å². The minimum Gasteiger partial charge on any atom is -0.493 e. The van der Waals surface area contributed by atoms with Crippen LogP contribution in [0.3, 0.4) is 0 Å². The normalized spacial score (nSPS) is 18.8. The molecule has 2 nitrogen and oxygen atoms in total. The molecule has 18 heavy (non-hydrogen) atoms. The summed E-state index contributed by atoms with van der Waals surface area (Å²) in [5.41, 5.74) is 2.59. The maximum atomic E-state index is 5.97. The molecule has 1 aliphatic rings. The molecule has 1 aromatic rings. The monoisotopic (exact) mass is 269 g/mol. The number of hydrogen-bond acceptors (Lipinski definition) is 2. The summed E-state index contributed by atoms with van der Waals surface area (Å²) in [5, 5.41) is 3.37. The van der Waals surface area contributed by atoms with Crippen LogP contribution in [-0.4, -0.2) is 19.7 Å². The van der Waals surface area contributed by atoms with E-state index in [-0.39, 0.29) is 12.4 Å². The second kappa shape index (κ2) is 7.01. The fraction of sp³-hybridized carbons (Fsp3) is 0.600. The lowest BCUT2D eigenvalue weighted by molar-refractivity contribution is 0.258. The highest BCUT2D eigenvalue weighted by molar-refractivity contribution is 5.85. The summed E-state index contributed by atoms with van der Waals surface area (Å²) in [7, 11) is 0. The molecule has 0 spiro atoms. The van der Waals surface area contributed by atoms with Crippen molar-refractivity contribution in [3.8, 4) is 5.75 Å². The van der Waals surface area contributed by atoms with Crippen molar-refractivity contribution >= 4 is 12.4 Å². The standard InChI is InChI=1S/C15H23NO.ClH/c1-11(2)14-5-4-12(3)15(8-14)17-10-13-6-7-16-9-13;/h4-5,8,11,13,16H,6-7,9-10H2,1-3H3;1H. The van der Waals surface area contributed by atoms with Gasteiger partial charge in [0.25, 0.3) is 0 Å². The fourth-order valence-electron chi connectivity index (χ4n) is 2.20. The van der Waals surface area contributed by atoms with Crippen molar-refractivity contribution < 1.29 is 4.74 Å². The van der Waals surface area contributed by atoms with Crippen LogP contribution in [0.5, 0.6) is 5.75 Å². The highest BCUT2D eigenvalue weighted by Crippen LogP contribution is 2.25. The zero-order chi connectivity index (χ0) is 12.3. The summed E-state index contributed by atoms with van der Waals surface area (Å²) < 4.78 is 5.97. The third kappa shape index (κ3) is 3.89. The van der Waals surface area contributed by atoms with E-state index in [1.165, 1.54) is 17.5 Å². The van der Waals surface area contributed by atoms with Gasteiger partial charge in [-0.2, -0.15) is 0 Å². The third-order valence-corrected chi connectivity index (χ3v) is 3.52. The van der Waals surface area contributed by atoms with Gasteiger partial charge in [0, 0.05) is 12.5 Å². The second-order valence-corrected chi connectivity index (χ2v) is 5.35. The van der Waals surface area contributed by atoms with E-state index in [2.05, 4.69) is 44.3 Å². The van der Waals surface area contributed by atoms with Gasteiger partial charge in [-0.3, -0.25) is 0 Å². The molecular formula is C15H24ClNO. The van der Waals surface area contributed by atoms with Crippen LogP contribution < -0.4 is 10.1 Å². The van der Waals surface area contributed by atoms with E-state index in [4.69, 9.17) is 4.74 Å². The van der Waals surface area contributed by atoms with Crippen molar-refractivity contribution in [1.29, 1.82) is 0 Å². The lowest BCUT2D eigenvalue weighted by Crippen LogP contribution is -2.15. The Bertz CT molecular complexity index is 373. The van der Waals surface area contributed by atoms with E-state index < -0.39 is 0 Å². The maximum absolute atomic E-state index is 5.97. The second-order valence-electron chi connectivity index (χ2n) is 5.35. The van der Waals surface area contributed by atoms with Gasteiger partial charge in [0.05, 0.1) is 6.61 Å². The van der Waals surface area contributed by atoms with Gasteiger partial charge in [0.1, 0.15) is 5.75 Å². The van der Waals surface area contributed by atoms with Crippen molar-refractivity contribution in [1.82, 2.24) is 5.32 Å². The summed E-state index contributed by atoms with van der Waals surface area (Å²) in [6.07, 6.45) is 1.24. The zero-order valence-electron chi connectivity index (χ0n) is 11.5. The molecule has 1 saturated heterocycles. The Morgan fingerprint density at radius 3 is 2.78 bits per heavy atom. The third-order valence-electron chi connectivity index (χ3n) is 3.52. The van der Waals surface area contributed by atoms with E-state index in [0.717, 1.165) is 25.4 Å². The summed E-state index contributed by atoms with van der Waals surface area (Å²) in [6, 6.07) is 6.56. The van der Waals surface area contributed by atoms with E-state index in [1.807, 2.05) is 0 Å². The van der Waals surface area contributed by atoms with Crippen LogP contribution in [0.2, 0.25) is 0 Å². The minimum absolute atomic E-state index is 0. The SMILES string of the molecule is Cc1ccc(C(C)C)cc1OCC1CCNC1.Cl. The molecule has 0 amide bonds. The van der Waals surface area contributed by atoms with Crippen LogP contribution in [0.15, 0.2) is 18.2 Å². The van der Waals surface area contributed by atoms with Crippen LogP contribution in [0, 0.1) is 12.8 Å². The maximum Gasteiger partial charge on any atom is 0.122 e. The summed E-state index contributed by atoms with van der Waals surface area (Å²) >= 11 is 0. The van der Waals surface area contributed by atoms with Crippen LogP contribution in [0.25, 0.3) is 0 Å². The predicted octanol–water partition coefficient (Wildman–Crippen LogP) is 3.53. The van der Waals surface area contributed by atoms with Crippen molar-refractivity contribution in [2.24, 2.45) is 5.92 Å². The average molecular weight is 270 g/mol. The Morgan fingerprint density at radius 2 is 2.17 bits per heavy atom. The first-order chi connectivity index (χ1) is 8.16. The molecular weight excluding hydrogens is 246 g/mol. The Labute approximate surface area is 117 Å². The number of rotatable bonds is 4. The topological polar surface area (TPSA) is 21.3 Å². The molecule has 1 aliphatic heterocycles. The molecule has 0 bridgehead atoms. The quantitative estimate of drug-likeness (QED) is 0.903. The molecule has 2 rings (SSSR count). The fourth-order valence-corrected chi connectivity index (χ4v) is 2.20. The molecule has 0 saturated carbocycles. The van der Waals surface area contributed by atoms with Gasteiger partial charge in [-0.05, 0) is 43.0 Å². The van der Waals surface area contributed by atoms with Crippen LogP contribution in [0.4, 0.5) is 0 Å². The van der Waals surface area contributed by atoms with Gasteiger partial charge in [-0.25, -0.2) is 0 Å². The zero-order valence-corrected chi connectivity index (χ0v) is 12.3. The van der Waals surface area contributed by atoms with Crippen molar-refractivity contribution in [3.63, 3.8) is 0 Å². The molecule has 1 heterocycles. The molecule has 1 aromatic carbocycles. The molecule has 0 aliphatic carbocycles. The number of halogens is 1. The van der Waals surface area contributed by atoms with E-state index in [9.17, 15) is 0 Å².